The lowest BCUT2D eigenvalue weighted by Crippen LogP contribution is -1.91. The summed E-state index contributed by atoms with van der Waals surface area (Å²) in [4.78, 5) is 8.42. The standard InChI is InChI=1S/C9H7IN2O/c1-13-9-6-3-2-4-11-8(6)7(10)5-12-9/h2-5H,1H3. The van der Waals surface area contributed by atoms with Gasteiger partial charge in [0.1, 0.15) is 0 Å². The Bertz CT molecular complexity index is 445. The van der Waals surface area contributed by atoms with Crippen LogP contribution in [0.2, 0.25) is 0 Å². The van der Waals surface area contributed by atoms with Gasteiger partial charge in [0.25, 0.3) is 0 Å². The van der Waals surface area contributed by atoms with Crippen LogP contribution in [0.15, 0.2) is 24.5 Å². The second-order valence-corrected chi connectivity index (χ2v) is 3.68. The molecule has 2 aromatic rings. The fourth-order valence-corrected chi connectivity index (χ4v) is 1.75. The summed E-state index contributed by atoms with van der Waals surface area (Å²) in [5, 5.41) is 0.955. The zero-order valence-electron chi connectivity index (χ0n) is 6.99. The monoisotopic (exact) mass is 286 g/mol. The first-order chi connectivity index (χ1) is 6.33. The average Bonchev–Trinajstić information content (AvgIpc) is 2.19. The third-order valence-electron chi connectivity index (χ3n) is 1.75. The molecule has 0 atom stereocenters. The largest absolute Gasteiger partial charge is 0.481 e. The van der Waals surface area contributed by atoms with Gasteiger partial charge in [-0.15, -0.1) is 0 Å². The SMILES string of the molecule is COc1ncc(I)c2ncccc12. The van der Waals surface area contributed by atoms with E-state index in [4.69, 9.17) is 4.74 Å². The van der Waals surface area contributed by atoms with E-state index < -0.39 is 0 Å². The normalized spacial score (nSPS) is 10.3. The molecule has 0 radical (unpaired) electrons. The smallest absolute Gasteiger partial charge is 0.222 e. The first kappa shape index (κ1) is 8.68. The van der Waals surface area contributed by atoms with Gasteiger partial charge in [0.05, 0.1) is 21.6 Å². The van der Waals surface area contributed by atoms with E-state index in [2.05, 4.69) is 32.6 Å². The van der Waals surface area contributed by atoms with Gasteiger partial charge >= 0.3 is 0 Å². The fraction of sp³-hybridized carbons (Fsp3) is 0.111. The van der Waals surface area contributed by atoms with Gasteiger partial charge in [0.15, 0.2) is 0 Å². The lowest BCUT2D eigenvalue weighted by Gasteiger charge is -2.03. The molecular weight excluding hydrogens is 279 g/mol. The Morgan fingerprint density at radius 1 is 1.38 bits per heavy atom. The third kappa shape index (κ3) is 1.46. The van der Waals surface area contributed by atoms with E-state index in [0.29, 0.717) is 5.88 Å². The first-order valence-corrected chi connectivity index (χ1v) is 4.84. The molecule has 0 aliphatic carbocycles. The van der Waals surface area contributed by atoms with Gasteiger partial charge in [-0.2, -0.15) is 0 Å². The van der Waals surface area contributed by atoms with Gasteiger partial charge in [0, 0.05) is 12.4 Å². The number of ether oxygens (including phenoxy) is 1. The molecule has 66 valence electrons. The first-order valence-electron chi connectivity index (χ1n) is 3.76. The Morgan fingerprint density at radius 2 is 2.23 bits per heavy atom. The molecule has 0 fully saturated rings. The molecule has 2 rings (SSSR count). The molecule has 0 N–H and O–H groups in total. The number of fused-ring (bicyclic) bond motifs is 1. The Balaban J connectivity index is 2.84. The van der Waals surface area contributed by atoms with E-state index >= 15 is 0 Å². The van der Waals surface area contributed by atoms with Crippen LogP contribution in [0.1, 0.15) is 0 Å². The highest BCUT2D eigenvalue weighted by molar-refractivity contribution is 14.1. The van der Waals surface area contributed by atoms with Crippen molar-refractivity contribution in [2.75, 3.05) is 7.11 Å². The van der Waals surface area contributed by atoms with Crippen LogP contribution < -0.4 is 4.74 Å². The summed E-state index contributed by atoms with van der Waals surface area (Å²) in [5.74, 6) is 0.628. The van der Waals surface area contributed by atoms with E-state index in [1.165, 1.54) is 0 Å². The predicted molar refractivity (Wildman–Crippen MR) is 58.8 cm³/mol. The summed E-state index contributed by atoms with van der Waals surface area (Å²) in [7, 11) is 1.61. The summed E-state index contributed by atoms with van der Waals surface area (Å²) in [5.41, 5.74) is 0.940. The maximum absolute atomic E-state index is 5.13. The van der Waals surface area contributed by atoms with Crippen LogP contribution in [0.3, 0.4) is 0 Å². The Labute approximate surface area is 89.3 Å². The van der Waals surface area contributed by atoms with E-state index in [1.54, 1.807) is 19.5 Å². The van der Waals surface area contributed by atoms with Crippen molar-refractivity contribution >= 4 is 33.5 Å². The molecule has 0 saturated carbocycles. The van der Waals surface area contributed by atoms with Crippen molar-refractivity contribution in [3.8, 4) is 5.88 Å². The number of aromatic nitrogens is 2. The van der Waals surface area contributed by atoms with Crippen LogP contribution in [-0.4, -0.2) is 17.1 Å². The number of methoxy groups -OCH3 is 1. The number of hydrogen-bond donors (Lipinski definition) is 0. The predicted octanol–water partition coefficient (Wildman–Crippen LogP) is 2.24. The number of hydrogen-bond acceptors (Lipinski definition) is 3. The molecule has 4 heteroatoms. The van der Waals surface area contributed by atoms with Crippen LogP contribution in [0.25, 0.3) is 10.9 Å². The van der Waals surface area contributed by atoms with E-state index in [9.17, 15) is 0 Å². The molecule has 13 heavy (non-hydrogen) atoms. The zero-order chi connectivity index (χ0) is 9.26. The highest BCUT2D eigenvalue weighted by Gasteiger charge is 2.05. The topological polar surface area (TPSA) is 35.0 Å². The van der Waals surface area contributed by atoms with Crippen molar-refractivity contribution in [3.05, 3.63) is 28.1 Å². The number of nitrogens with zero attached hydrogens (tertiary/aromatic N) is 2. The second-order valence-electron chi connectivity index (χ2n) is 2.51. The van der Waals surface area contributed by atoms with Gasteiger partial charge in [-0.25, -0.2) is 4.98 Å². The van der Waals surface area contributed by atoms with Crippen molar-refractivity contribution < 1.29 is 4.74 Å². The summed E-state index contributed by atoms with van der Waals surface area (Å²) in [6.07, 6.45) is 3.53. The van der Waals surface area contributed by atoms with E-state index in [0.717, 1.165) is 14.5 Å². The van der Waals surface area contributed by atoms with Crippen molar-refractivity contribution in [1.29, 1.82) is 0 Å². The average molecular weight is 286 g/mol. The van der Waals surface area contributed by atoms with Gasteiger partial charge < -0.3 is 4.74 Å². The Hall–Kier alpha value is -0.910. The molecular formula is C9H7IN2O. The molecule has 0 spiro atoms. The van der Waals surface area contributed by atoms with Crippen LogP contribution in [0, 0.1) is 3.57 Å². The van der Waals surface area contributed by atoms with Gasteiger partial charge in [-0.05, 0) is 34.7 Å². The molecule has 2 aromatic heterocycles. The molecule has 0 bridgehead atoms. The van der Waals surface area contributed by atoms with Crippen LogP contribution >= 0.6 is 22.6 Å². The van der Waals surface area contributed by atoms with Crippen molar-refractivity contribution in [2.45, 2.75) is 0 Å². The lowest BCUT2D eigenvalue weighted by atomic mass is 10.3. The van der Waals surface area contributed by atoms with Gasteiger partial charge in [-0.3, -0.25) is 4.98 Å². The van der Waals surface area contributed by atoms with Crippen molar-refractivity contribution in [3.63, 3.8) is 0 Å². The molecule has 0 aliphatic rings. The fourth-order valence-electron chi connectivity index (χ4n) is 1.18. The zero-order valence-corrected chi connectivity index (χ0v) is 9.15. The lowest BCUT2D eigenvalue weighted by molar-refractivity contribution is 0.403. The van der Waals surface area contributed by atoms with E-state index in [-0.39, 0.29) is 0 Å². The summed E-state index contributed by atoms with van der Waals surface area (Å²) >= 11 is 2.21. The third-order valence-corrected chi connectivity index (χ3v) is 2.54. The van der Waals surface area contributed by atoms with Gasteiger partial charge in [-0.1, -0.05) is 0 Å². The molecule has 0 aliphatic heterocycles. The summed E-state index contributed by atoms with van der Waals surface area (Å²) < 4.78 is 6.16. The second kappa shape index (κ2) is 3.45. The minimum absolute atomic E-state index is 0.628. The number of halogens is 1. The maximum atomic E-state index is 5.13. The Morgan fingerprint density at radius 3 is 3.00 bits per heavy atom. The number of rotatable bonds is 1. The van der Waals surface area contributed by atoms with Gasteiger partial charge in [0.2, 0.25) is 5.88 Å². The van der Waals surface area contributed by atoms with Crippen molar-refractivity contribution in [2.24, 2.45) is 0 Å². The molecule has 0 aromatic carbocycles. The minimum Gasteiger partial charge on any atom is -0.481 e. The molecule has 0 amide bonds. The number of pyridine rings is 2. The Kier molecular flexibility index (Phi) is 2.30. The maximum Gasteiger partial charge on any atom is 0.222 e. The highest BCUT2D eigenvalue weighted by atomic mass is 127. The van der Waals surface area contributed by atoms with E-state index in [1.807, 2.05) is 12.1 Å². The molecule has 2 heterocycles. The molecule has 3 nitrogen and oxygen atoms in total. The van der Waals surface area contributed by atoms with Crippen LogP contribution in [-0.2, 0) is 0 Å². The summed E-state index contributed by atoms with van der Waals surface area (Å²) in [6, 6.07) is 3.83. The summed E-state index contributed by atoms with van der Waals surface area (Å²) in [6.45, 7) is 0. The van der Waals surface area contributed by atoms with Crippen molar-refractivity contribution in [1.82, 2.24) is 9.97 Å². The minimum atomic E-state index is 0.628. The molecule has 0 saturated heterocycles. The highest BCUT2D eigenvalue weighted by Crippen LogP contribution is 2.24. The van der Waals surface area contributed by atoms with Crippen LogP contribution in [0.5, 0.6) is 5.88 Å². The molecule has 0 unspecified atom stereocenters. The quantitative estimate of drug-likeness (QED) is 0.754. The van der Waals surface area contributed by atoms with Crippen LogP contribution in [0.4, 0.5) is 0 Å².